The maximum Gasteiger partial charge on any atom is 0.139 e. The Morgan fingerprint density at radius 1 is 1.73 bits per heavy atom. The van der Waals surface area contributed by atoms with E-state index < -0.39 is 0 Å². The molecule has 4 heteroatoms. The van der Waals surface area contributed by atoms with Crippen LogP contribution < -0.4 is 0 Å². The van der Waals surface area contributed by atoms with Crippen molar-refractivity contribution in [2.75, 3.05) is 26.9 Å². The number of ether oxygens (including phenoxy) is 1. The number of rotatable bonds is 2. The highest BCUT2D eigenvalue weighted by Crippen LogP contribution is 2.08. The number of hydrogen-bond acceptors (Lipinski definition) is 4. The maximum atomic E-state index is 10.4. The molecule has 0 bridgehead atoms. The highest BCUT2D eigenvalue weighted by atomic mass is 16.5. The molecule has 0 amide bonds. The number of nitrogens with zero attached hydrogens (tertiary/aromatic N) is 1. The molecular formula is C7H13NO3. The first-order valence-corrected chi connectivity index (χ1v) is 3.65. The minimum Gasteiger partial charge on any atom is -0.395 e. The Bertz CT molecular complexity index is 140. The summed E-state index contributed by atoms with van der Waals surface area (Å²) in [7, 11) is 1.82. The second-order valence-corrected chi connectivity index (χ2v) is 2.74. The number of morpholine rings is 1. The van der Waals surface area contributed by atoms with Crippen LogP contribution >= 0.6 is 0 Å². The molecule has 1 aliphatic heterocycles. The molecule has 0 aromatic heterocycles. The van der Waals surface area contributed by atoms with Gasteiger partial charge in [0.2, 0.25) is 0 Å². The molecule has 0 aliphatic carbocycles. The molecule has 1 fully saturated rings. The molecule has 0 aromatic carbocycles. The van der Waals surface area contributed by atoms with Crippen LogP contribution in [0.15, 0.2) is 0 Å². The smallest absolute Gasteiger partial charge is 0.139 e. The van der Waals surface area contributed by atoms with E-state index >= 15 is 0 Å². The average molecular weight is 159 g/mol. The van der Waals surface area contributed by atoms with Crippen molar-refractivity contribution in [1.29, 1.82) is 0 Å². The third-order valence-corrected chi connectivity index (χ3v) is 2.07. The Labute approximate surface area is 65.8 Å². The third-order valence-electron chi connectivity index (χ3n) is 2.07. The SMILES string of the molecule is CN1C(C=O)COC[C@H]1CO. The lowest BCUT2D eigenvalue weighted by Crippen LogP contribution is -2.52. The van der Waals surface area contributed by atoms with Gasteiger partial charge in [0.25, 0.3) is 0 Å². The molecule has 4 nitrogen and oxygen atoms in total. The summed E-state index contributed by atoms with van der Waals surface area (Å²) in [6.45, 7) is 0.995. The van der Waals surface area contributed by atoms with Crippen LogP contribution in [-0.2, 0) is 9.53 Å². The quantitative estimate of drug-likeness (QED) is 0.518. The number of hydrogen-bond donors (Lipinski definition) is 1. The fourth-order valence-corrected chi connectivity index (χ4v) is 1.15. The maximum absolute atomic E-state index is 10.4. The van der Waals surface area contributed by atoms with Gasteiger partial charge in [-0.3, -0.25) is 4.90 Å². The standard InChI is InChI=1S/C7H13NO3/c1-8-6(2-9)4-11-5-7(8)3-10/h2,6-7,10H,3-5H2,1H3/t6?,7-/m1/s1. The Hall–Kier alpha value is -0.450. The molecule has 0 spiro atoms. The molecule has 11 heavy (non-hydrogen) atoms. The zero-order chi connectivity index (χ0) is 8.27. The topological polar surface area (TPSA) is 49.8 Å². The largest absolute Gasteiger partial charge is 0.395 e. The summed E-state index contributed by atoms with van der Waals surface area (Å²) >= 11 is 0. The van der Waals surface area contributed by atoms with Crippen molar-refractivity contribution in [2.45, 2.75) is 12.1 Å². The summed E-state index contributed by atoms with van der Waals surface area (Å²) in [6.07, 6.45) is 0.849. The van der Waals surface area contributed by atoms with Crippen molar-refractivity contribution in [3.63, 3.8) is 0 Å². The number of aldehydes is 1. The fraction of sp³-hybridized carbons (Fsp3) is 0.857. The van der Waals surface area contributed by atoms with Crippen molar-refractivity contribution in [3.05, 3.63) is 0 Å². The van der Waals surface area contributed by atoms with E-state index in [-0.39, 0.29) is 18.7 Å². The first-order valence-electron chi connectivity index (χ1n) is 3.65. The summed E-state index contributed by atoms with van der Waals surface area (Å²) in [5.41, 5.74) is 0. The average Bonchev–Trinajstić information content (AvgIpc) is 2.05. The van der Waals surface area contributed by atoms with Gasteiger partial charge in [-0.1, -0.05) is 0 Å². The number of aliphatic hydroxyl groups excluding tert-OH is 1. The van der Waals surface area contributed by atoms with Gasteiger partial charge >= 0.3 is 0 Å². The molecule has 1 heterocycles. The van der Waals surface area contributed by atoms with E-state index in [0.29, 0.717) is 13.2 Å². The number of aliphatic hydroxyl groups is 1. The molecule has 1 unspecified atom stereocenters. The van der Waals surface area contributed by atoms with Crippen LogP contribution in [0, 0.1) is 0 Å². The van der Waals surface area contributed by atoms with Crippen LogP contribution in [0.25, 0.3) is 0 Å². The summed E-state index contributed by atoms with van der Waals surface area (Å²) in [4.78, 5) is 12.3. The molecule has 1 aliphatic rings. The van der Waals surface area contributed by atoms with Crippen LogP contribution in [0.3, 0.4) is 0 Å². The Balaban J connectivity index is 2.51. The molecule has 2 atom stereocenters. The van der Waals surface area contributed by atoms with E-state index in [1.54, 1.807) is 0 Å². The lowest BCUT2D eigenvalue weighted by Gasteiger charge is -2.35. The minimum absolute atomic E-state index is 0.0288. The second-order valence-electron chi connectivity index (χ2n) is 2.74. The Morgan fingerprint density at radius 3 is 3.00 bits per heavy atom. The van der Waals surface area contributed by atoms with Gasteiger partial charge in [0.15, 0.2) is 0 Å². The van der Waals surface area contributed by atoms with Gasteiger partial charge in [0.05, 0.1) is 31.9 Å². The zero-order valence-electron chi connectivity index (χ0n) is 6.56. The minimum atomic E-state index is -0.194. The van der Waals surface area contributed by atoms with Gasteiger partial charge in [-0.2, -0.15) is 0 Å². The van der Waals surface area contributed by atoms with Gasteiger partial charge in [-0.05, 0) is 7.05 Å². The molecule has 0 aromatic rings. The Kier molecular flexibility index (Phi) is 2.99. The molecule has 1 saturated heterocycles. The number of carbonyl (C=O) groups excluding carboxylic acids is 1. The molecule has 0 saturated carbocycles. The van der Waals surface area contributed by atoms with Crippen LogP contribution in [0.2, 0.25) is 0 Å². The van der Waals surface area contributed by atoms with Gasteiger partial charge in [-0.15, -0.1) is 0 Å². The van der Waals surface area contributed by atoms with E-state index in [2.05, 4.69) is 0 Å². The molecule has 0 radical (unpaired) electrons. The summed E-state index contributed by atoms with van der Waals surface area (Å²) in [6, 6.07) is -0.222. The monoisotopic (exact) mass is 159 g/mol. The normalized spacial score (nSPS) is 33.6. The third kappa shape index (κ3) is 1.77. The van der Waals surface area contributed by atoms with Crippen molar-refractivity contribution in [3.8, 4) is 0 Å². The molecule has 64 valence electrons. The van der Waals surface area contributed by atoms with Gasteiger partial charge in [0, 0.05) is 0 Å². The van der Waals surface area contributed by atoms with Gasteiger partial charge in [-0.25, -0.2) is 0 Å². The van der Waals surface area contributed by atoms with Gasteiger partial charge in [0.1, 0.15) is 6.29 Å². The number of carbonyl (C=O) groups is 1. The van der Waals surface area contributed by atoms with E-state index in [0.717, 1.165) is 6.29 Å². The Morgan fingerprint density at radius 2 is 2.45 bits per heavy atom. The van der Waals surface area contributed by atoms with Crippen molar-refractivity contribution in [1.82, 2.24) is 4.90 Å². The first-order chi connectivity index (χ1) is 5.29. The van der Waals surface area contributed by atoms with Crippen molar-refractivity contribution < 1.29 is 14.6 Å². The van der Waals surface area contributed by atoms with Crippen LogP contribution in [-0.4, -0.2) is 55.2 Å². The highest BCUT2D eigenvalue weighted by Gasteiger charge is 2.26. The van der Waals surface area contributed by atoms with Crippen molar-refractivity contribution in [2.24, 2.45) is 0 Å². The van der Waals surface area contributed by atoms with Crippen LogP contribution in [0.1, 0.15) is 0 Å². The molecule has 1 rings (SSSR count). The van der Waals surface area contributed by atoms with E-state index in [1.807, 2.05) is 11.9 Å². The van der Waals surface area contributed by atoms with Gasteiger partial charge < -0.3 is 14.6 Å². The van der Waals surface area contributed by atoms with Crippen LogP contribution in [0.5, 0.6) is 0 Å². The summed E-state index contributed by atoms with van der Waals surface area (Å²) < 4.78 is 5.11. The summed E-state index contributed by atoms with van der Waals surface area (Å²) in [5.74, 6) is 0. The summed E-state index contributed by atoms with van der Waals surface area (Å²) in [5, 5.41) is 8.84. The number of likely N-dealkylation sites (N-methyl/N-ethyl adjacent to an activating group) is 1. The zero-order valence-corrected chi connectivity index (χ0v) is 6.56. The first kappa shape index (κ1) is 8.64. The second kappa shape index (κ2) is 3.80. The molecular weight excluding hydrogens is 146 g/mol. The van der Waals surface area contributed by atoms with E-state index in [9.17, 15) is 4.79 Å². The lowest BCUT2D eigenvalue weighted by atomic mass is 10.2. The van der Waals surface area contributed by atoms with Crippen LogP contribution in [0.4, 0.5) is 0 Å². The highest BCUT2D eigenvalue weighted by molar-refractivity contribution is 5.58. The van der Waals surface area contributed by atoms with Crippen molar-refractivity contribution >= 4 is 6.29 Å². The molecule has 1 N–H and O–H groups in total. The van der Waals surface area contributed by atoms with E-state index in [1.165, 1.54) is 0 Å². The fourth-order valence-electron chi connectivity index (χ4n) is 1.15. The predicted molar refractivity (Wildman–Crippen MR) is 39.3 cm³/mol. The lowest BCUT2D eigenvalue weighted by molar-refractivity contribution is -0.121. The van der Waals surface area contributed by atoms with E-state index in [4.69, 9.17) is 9.84 Å². The predicted octanol–water partition coefficient (Wildman–Crippen LogP) is -1.12.